The first-order chi connectivity index (χ1) is 11.2. The summed E-state index contributed by atoms with van der Waals surface area (Å²) in [5, 5.41) is 4.29. The van der Waals surface area contributed by atoms with E-state index in [1.165, 1.54) is 37.2 Å². The molecular weight excluding hydrogens is 286 g/mol. The topological polar surface area (TPSA) is 37.2 Å². The highest BCUT2D eigenvalue weighted by molar-refractivity contribution is 5.12. The van der Waals surface area contributed by atoms with Gasteiger partial charge in [0.15, 0.2) is 0 Å². The van der Waals surface area contributed by atoms with Gasteiger partial charge in [0.05, 0.1) is 11.9 Å². The maximum atomic E-state index is 4.67. The van der Waals surface area contributed by atoms with Crippen molar-refractivity contribution in [2.75, 3.05) is 13.1 Å². The second-order valence-electron chi connectivity index (χ2n) is 6.95. The number of hydrogen-bond donors (Lipinski definition) is 0. The maximum absolute atomic E-state index is 4.67. The first-order valence-corrected chi connectivity index (χ1v) is 8.57. The van der Waals surface area contributed by atoms with E-state index >= 15 is 0 Å². The molecule has 0 radical (unpaired) electrons. The lowest BCUT2D eigenvalue weighted by Crippen LogP contribution is -2.36. The third-order valence-corrected chi connectivity index (χ3v) is 5.26. The average molecular weight is 311 g/mol. The van der Waals surface area contributed by atoms with Crippen LogP contribution >= 0.6 is 0 Å². The molecule has 0 N–H and O–H groups in total. The van der Waals surface area contributed by atoms with Gasteiger partial charge in [0, 0.05) is 62.8 Å². The SMILES string of the molecule is Cc1cccc(CN2CC[C@H]3[C@H]2CCN3Cc2cnn(C)c2)n1. The van der Waals surface area contributed by atoms with Crippen LogP contribution < -0.4 is 0 Å². The van der Waals surface area contributed by atoms with E-state index in [1.54, 1.807) is 0 Å². The van der Waals surface area contributed by atoms with Gasteiger partial charge in [-0.05, 0) is 31.9 Å². The van der Waals surface area contributed by atoms with Gasteiger partial charge in [0.25, 0.3) is 0 Å². The van der Waals surface area contributed by atoms with Crippen LogP contribution in [0.5, 0.6) is 0 Å². The molecule has 2 aromatic heterocycles. The maximum Gasteiger partial charge on any atom is 0.0547 e. The summed E-state index contributed by atoms with van der Waals surface area (Å²) in [5.41, 5.74) is 3.64. The van der Waals surface area contributed by atoms with Crippen molar-refractivity contribution in [2.45, 2.75) is 44.9 Å². The Balaban J connectivity index is 1.41. The molecule has 2 aromatic rings. The highest BCUT2D eigenvalue weighted by Crippen LogP contribution is 2.33. The van der Waals surface area contributed by atoms with Gasteiger partial charge in [0.1, 0.15) is 0 Å². The first-order valence-electron chi connectivity index (χ1n) is 8.57. The van der Waals surface area contributed by atoms with E-state index in [2.05, 4.69) is 51.2 Å². The zero-order valence-electron chi connectivity index (χ0n) is 14.0. The minimum absolute atomic E-state index is 0.689. The van der Waals surface area contributed by atoms with E-state index in [4.69, 9.17) is 0 Å². The van der Waals surface area contributed by atoms with E-state index < -0.39 is 0 Å². The van der Waals surface area contributed by atoms with Gasteiger partial charge >= 0.3 is 0 Å². The van der Waals surface area contributed by atoms with Crippen molar-refractivity contribution >= 4 is 0 Å². The van der Waals surface area contributed by atoms with Crippen molar-refractivity contribution in [2.24, 2.45) is 7.05 Å². The molecule has 2 aliphatic rings. The Morgan fingerprint density at radius 2 is 1.83 bits per heavy atom. The first kappa shape index (κ1) is 14.8. The van der Waals surface area contributed by atoms with Crippen LogP contribution in [0.1, 0.15) is 29.8 Å². The molecule has 0 aromatic carbocycles. The van der Waals surface area contributed by atoms with E-state index in [9.17, 15) is 0 Å². The number of nitrogens with zero attached hydrogens (tertiary/aromatic N) is 5. The third kappa shape index (κ3) is 3.03. The molecule has 0 aliphatic carbocycles. The van der Waals surface area contributed by atoms with Crippen LogP contribution in [-0.4, -0.2) is 49.7 Å². The predicted molar refractivity (Wildman–Crippen MR) is 89.8 cm³/mol. The zero-order chi connectivity index (χ0) is 15.8. The lowest BCUT2D eigenvalue weighted by Gasteiger charge is -2.25. The number of pyridine rings is 1. The van der Waals surface area contributed by atoms with E-state index in [-0.39, 0.29) is 0 Å². The van der Waals surface area contributed by atoms with Gasteiger partial charge in [-0.2, -0.15) is 5.10 Å². The summed E-state index contributed by atoms with van der Waals surface area (Å²) in [5.74, 6) is 0. The van der Waals surface area contributed by atoms with Crippen LogP contribution in [0.3, 0.4) is 0 Å². The quantitative estimate of drug-likeness (QED) is 0.865. The number of rotatable bonds is 4. The van der Waals surface area contributed by atoms with E-state index in [1.807, 2.05) is 17.9 Å². The molecule has 2 atom stereocenters. The summed E-state index contributed by atoms with van der Waals surface area (Å²) < 4.78 is 1.90. The fraction of sp³-hybridized carbons (Fsp3) is 0.556. The standard InChI is InChI=1S/C18H25N5/c1-14-4-3-5-16(20-14)13-23-9-7-17-18(23)6-8-22(17)12-15-10-19-21(2)11-15/h3-5,10-11,17-18H,6-9,12-13H2,1-2H3/t17-,18+/m0/s1. The van der Waals surface area contributed by atoms with Crippen molar-refractivity contribution in [1.82, 2.24) is 24.6 Å². The Labute approximate surface area is 137 Å². The number of aryl methyl sites for hydroxylation is 2. The molecule has 122 valence electrons. The monoisotopic (exact) mass is 311 g/mol. The van der Waals surface area contributed by atoms with Crippen LogP contribution in [0.4, 0.5) is 0 Å². The summed E-state index contributed by atoms with van der Waals surface area (Å²) >= 11 is 0. The minimum Gasteiger partial charge on any atom is -0.294 e. The second-order valence-corrected chi connectivity index (χ2v) is 6.95. The van der Waals surface area contributed by atoms with Gasteiger partial charge < -0.3 is 0 Å². The molecule has 4 rings (SSSR count). The summed E-state index contributed by atoms with van der Waals surface area (Å²) in [6.07, 6.45) is 6.68. The molecule has 0 bridgehead atoms. The van der Waals surface area contributed by atoms with Crippen molar-refractivity contribution in [3.63, 3.8) is 0 Å². The Bertz CT molecular complexity index is 680. The Morgan fingerprint density at radius 1 is 1.09 bits per heavy atom. The fourth-order valence-electron chi connectivity index (χ4n) is 4.24. The molecule has 5 nitrogen and oxygen atoms in total. The number of fused-ring (bicyclic) bond motifs is 1. The second kappa shape index (κ2) is 6.06. The summed E-state index contributed by atoms with van der Waals surface area (Å²) in [4.78, 5) is 9.95. The van der Waals surface area contributed by atoms with E-state index in [0.29, 0.717) is 12.1 Å². The Morgan fingerprint density at radius 3 is 2.48 bits per heavy atom. The lowest BCUT2D eigenvalue weighted by molar-refractivity contribution is 0.211. The summed E-state index contributed by atoms with van der Waals surface area (Å²) in [6.45, 7) is 6.48. The molecule has 2 saturated heterocycles. The molecule has 2 fully saturated rings. The van der Waals surface area contributed by atoms with Crippen molar-refractivity contribution < 1.29 is 0 Å². The van der Waals surface area contributed by atoms with Gasteiger partial charge in [-0.25, -0.2) is 0 Å². The largest absolute Gasteiger partial charge is 0.294 e. The average Bonchev–Trinajstić information content (AvgIpc) is 3.20. The highest BCUT2D eigenvalue weighted by atomic mass is 15.3. The Hall–Kier alpha value is -1.72. The molecule has 5 heteroatoms. The van der Waals surface area contributed by atoms with E-state index in [0.717, 1.165) is 18.8 Å². The van der Waals surface area contributed by atoms with Gasteiger partial charge in [-0.3, -0.25) is 19.5 Å². The summed E-state index contributed by atoms with van der Waals surface area (Å²) in [6, 6.07) is 7.73. The molecule has 0 saturated carbocycles. The molecule has 23 heavy (non-hydrogen) atoms. The van der Waals surface area contributed by atoms with Crippen LogP contribution in [-0.2, 0) is 20.1 Å². The highest BCUT2D eigenvalue weighted by Gasteiger charge is 2.42. The third-order valence-electron chi connectivity index (χ3n) is 5.26. The van der Waals surface area contributed by atoms with Crippen LogP contribution in [0, 0.1) is 6.92 Å². The smallest absolute Gasteiger partial charge is 0.0547 e. The number of likely N-dealkylation sites (tertiary alicyclic amines) is 2. The Kier molecular flexibility index (Phi) is 3.91. The molecule has 0 amide bonds. The number of hydrogen-bond acceptors (Lipinski definition) is 4. The normalized spacial score (nSPS) is 25.1. The van der Waals surface area contributed by atoms with Crippen LogP contribution in [0.2, 0.25) is 0 Å². The molecule has 4 heterocycles. The molecular formula is C18H25N5. The van der Waals surface area contributed by atoms with Gasteiger partial charge in [0.2, 0.25) is 0 Å². The molecule has 0 spiro atoms. The van der Waals surface area contributed by atoms with Crippen molar-refractivity contribution in [3.05, 3.63) is 47.5 Å². The number of aromatic nitrogens is 3. The predicted octanol–water partition coefficient (Wildman–Crippen LogP) is 1.97. The zero-order valence-corrected chi connectivity index (χ0v) is 14.0. The fourth-order valence-corrected chi connectivity index (χ4v) is 4.24. The minimum atomic E-state index is 0.689. The van der Waals surface area contributed by atoms with Gasteiger partial charge in [-0.15, -0.1) is 0 Å². The van der Waals surface area contributed by atoms with Crippen LogP contribution in [0.25, 0.3) is 0 Å². The van der Waals surface area contributed by atoms with Crippen molar-refractivity contribution in [1.29, 1.82) is 0 Å². The van der Waals surface area contributed by atoms with Crippen LogP contribution in [0.15, 0.2) is 30.6 Å². The van der Waals surface area contributed by atoms with Crippen molar-refractivity contribution in [3.8, 4) is 0 Å². The molecule has 2 aliphatic heterocycles. The van der Waals surface area contributed by atoms with Gasteiger partial charge in [-0.1, -0.05) is 6.07 Å². The molecule has 0 unspecified atom stereocenters. The lowest BCUT2D eigenvalue weighted by atomic mass is 10.1. The summed E-state index contributed by atoms with van der Waals surface area (Å²) in [7, 11) is 1.99.